The van der Waals surface area contributed by atoms with Gasteiger partial charge in [-0.1, -0.05) is 19.1 Å². The van der Waals surface area contributed by atoms with E-state index in [9.17, 15) is 13.6 Å². The number of hydrogen-bond donors (Lipinski definition) is 0. The molecular formula is C24H25F2N3O. The minimum absolute atomic E-state index is 0.0536. The standard InChI is InChI=1S/C24H25F2N3O/c1-15-5-3-4-6-21(15)29-22(9-16(2)27-29)17-11-24(12-17)13-28(14-24)23(30)19-8-7-18(25)10-20(19)26/h3-4,6-10,15,17H,5,11-14H2,1-2H3. The van der Waals surface area contributed by atoms with Crippen LogP contribution in [0, 0.1) is 29.9 Å². The summed E-state index contributed by atoms with van der Waals surface area (Å²) < 4.78 is 29.2. The van der Waals surface area contributed by atoms with Crippen LogP contribution in [0.3, 0.4) is 0 Å². The van der Waals surface area contributed by atoms with Gasteiger partial charge in [0.15, 0.2) is 0 Å². The fraction of sp³-hybridized carbons (Fsp3) is 0.417. The van der Waals surface area contributed by atoms with Crippen molar-refractivity contribution in [1.82, 2.24) is 14.7 Å². The summed E-state index contributed by atoms with van der Waals surface area (Å²) in [7, 11) is 0. The van der Waals surface area contributed by atoms with E-state index in [1.807, 2.05) is 6.92 Å². The van der Waals surface area contributed by atoms with Gasteiger partial charge >= 0.3 is 0 Å². The van der Waals surface area contributed by atoms with Gasteiger partial charge in [-0.25, -0.2) is 13.5 Å². The zero-order valence-corrected chi connectivity index (χ0v) is 17.2. The van der Waals surface area contributed by atoms with Crippen LogP contribution < -0.4 is 0 Å². The largest absolute Gasteiger partial charge is 0.337 e. The summed E-state index contributed by atoms with van der Waals surface area (Å²) in [6.45, 7) is 5.52. The molecule has 2 aliphatic carbocycles. The summed E-state index contributed by atoms with van der Waals surface area (Å²) in [6, 6.07) is 5.31. The number of allylic oxidation sites excluding steroid dienone is 4. The van der Waals surface area contributed by atoms with Gasteiger partial charge in [-0.2, -0.15) is 5.10 Å². The van der Waals surface area contributed by atoms with E-state index in [1.165, 1.54) is 17.5 Å². The lowest BCUT2D eigenvalue weighted by atomic mass is 9.56. The van der Waals surface area contributed by atoms with Crippen molar-refractivity contribution in [1.29, 1.82) is 0 Å². The molecule has 1 atom stereocenters. The van der Waals surface area contributed by atoms with Crippen molar-refractivity contribution < 1.29 is 13.6 Å². The number of aromatic nitrogens is 2. The maximum Gasteiger partial charge on any atom is 0.256 e. The molecule has 1 aliphatic heterocycles. The molecule has 4 nitrogen and oxygen atoms in total. The summed E-state index contributed by atoms with van der Waals surface area (Å²) in [5.74, 6) is -0.962. The average Bonchev–Trinajstić information content (AvgIpc) is 3.00. The molecule has 2 fully saturated rings. The van der Waals surface area contributed by atoms with Crippen LogP contribution in [0.5, 0.6) is 0 Å². The summed E-state index contributed by atoms with van der Waals surface area (Å²) in [6.07, 6.45) is 9.47. The minimum atomic E-state index is -0.796. The van der Waals surface area contributed by atoms with Crippen molar-refractivity contribution >= 4 is 11.6 Å². The van der Waals surface area contributed by atoms with Crippen molar-refractivity contribution in [3.63, 3.8) is 0 Å². The Morgan fingerprint density at radius 1 is 1.20 bits per heavy atom. The third-order valence-electron chi connectivity index (χ3n) is 6.78. The third kappa shape index (κ3) is 3.09. The zero-order chi connectivity index (χ0) is 21.0. The first-order valence-corrected chi connectivity index (χ1v) is 10.5. The Labute approximate surface area is 174 Å². The summed E-state index contributed by atoms with van der Waals surface area (Å²) >= 11 is 0. The van der Waals surface area contributed by atoms with E-state index >= 15 is 0 Å². The van der Waals surface area contributed by atoms with E-state index in [0.717, 1.165) is 37.1 Å². The van der Waals surface area contributed by atoms with E-state index in [-0.39, 0.29) is 16.9 Å². The Kier molecular flexibility index (Phi) is 4.42. The fourth-order valence-corrected chi connectivity index (χ4v) is 5.22. The van der Waals surface area contributed by atoms with Crippen molar-refractivity contribution in [2.45, 2.75) is 39.0 Å². The van der Waals surface area contributed by atoms with Crippen molar-refractivity contribution in [2.75, 3.05) is 13.1 Å². The van der Waals surface area contributed by atoms with Gasteiger partial charge in [0.25, 0.3) is 5.91 Å². The van der Waals surface area contributed by atoms with Crippen LogP contribution in [0.25, 0.3) is 5.70 Å². The molecule has 6 heteroatoms. The van der Waals surface area contributed by atoms with Crippen LogP contribution in [-0.4, -0.2) is 33.7 Å². The monoisotopic (exact) mass is 409 g/mol. The lowest BCUT2D eigenvalue weighted by Crippen LogP contribution is -2.63. The topological polar surface area (TPSA) is 38.1 Å². The molecule has 30 heavy (non-hydrogen) atoms. The Morgan fingerprint density at radius 3 is 2.67 bits per heavy atom. The first kappa shape index (κ1) is 19.2. The number of aryl methyl sites for hydroxylation is 1. The second kappa shape index (κ2) is 6.89. The quantitative estimate of drug-likeness (QED) is 0.721. The maximum atomic E-state index is 13.9. The number of benzene rings is 1. The highest BCUT2D eigenvalue weighted by Crippen LogP contribution is 2.56. The normalized spacial score (nSPS) is 22.6. The average molecular weight is 409 g/mol. The van der Waals surface area contributed by atoms with Gasteiger partial charge in [-0.05, 0) is 50.5 Å². The van der Waals surface area contributed by atoms with Crippen LogP contribution in [0.15, 0.2) is 42.5 Å². The molecule has 3 aliphatic rings. The molecule has 156 valence electrons. The fourth-order valence-electron chi connectivity index (χ4n) is 5.22. The Hall–Kier alpha value is -2.76. The number of amides is 1. The van der Waals surface area contributed by atoms with E-state index < -0.39 is 11.6 Å². The van der Waals surface area contributed by atoms with Gasteiger partial charge in [-0.3, -0.25) is 4.79 Å². The number of halogens is 2. The molecular weight excluding hydrogens is 384 g/mol. The molecule has 1 saturated carbocycles. The number of hydrogen-bond acceptors (Lipinski definition) is 2. The number of rotatable bonds is 3. The van der Waals surface area contributed by atoms with Crippen molar-refractivity contribution in [3.05, 3.63) is 71.1 Å². The molecule has 2 heterocycles. The second-order valence-electron chi connectivity index (χ2n) is 9.17. The van der Waals surface area contributed by atoms with Gasteiger partial charge in [0.2, 0.25) is 0 Å². The Balaban J connectivity index is 1.27. The van der Waals surface area contributed by atoms with Crippen LogP contribution in [-0.2, 0) is 0 Å². The molecule has 1 spiro atoms. The van der Waals surface area contributed by atoms with Crippen LogP contribution in [0.2, 0.25) is 0 Å². The predicted octanol–water partition coefficient (Wildman–Crippen LogP) is 4.93. The van der Waals surface area contributed by atoms with E-state index in [4.69, 9.17) is 5.10 Å². The maximum absolute atomic E-state index is 13.9. The van der Waals surface area contributed by atoms with Crippen molar-refractivity contribution in [3.8, 4) is 0 Å². The van der Waals surface area contributed by atoms with E-state index in [2.05, 4.69) is 35.9 Å². The van der Waals surface area contributed by atoms with Crippen LogP contribution >= 0.6 is 0 Å². The lowest BCUT2D eigenvalue weighted by molar-refractivity contribution is -0.0567. The first-order valence-electron chi connectivity index (χ1n) is 10.5. The number of carbonyl (C=O) groups excluding carboxylic acids is 1. The molecule has 2 aromatic rings. The molecule has 1 aromatic carbocycles. The van der Waals surface area contributed by atoms with Gasteiger partial charge in [0.1, 0.15) is 11.6 Å². The summed E-state index contributed by atoms with van der Waals surface area (Å²) in [4.78, 5) is 14.2. The molecule has 0 bridgehead atoms. The molecule has 1 saturated heterocycles. The third-order valence-corrected chi connectivity index (χ3v) is 6.78. The number of likely N-dealkylation sites (tertiary alicyclic amines) is 1. The van der Waals surface area contributed by atoms with E-state index in [1.54, 1.807) is 4.90 Å². The van der Waals surface area contributed by atoms with Gasteiger partial charge < -0.3 is 4.90 Å². The van der Waals surface area contributed by atoms with Crippen molar-refractivity contribution in [2.24, 2.45) is 11.3 Å². The molecule has 1 unspecified atom stereocenters. The molecule has 1 aromatic heterocycles. The second-order valence-corrected chi connectivity index (χ2v) is 9.17. The predicted molar refractivity (Wildman–Crippen MR) is 111 cm³/mol. The smallest absolute Gasteiger partial charge is 0.256 e. The molecule has 1 amide bonds. The zero-order valence-electron chi connectivity index (χ0n) is 17.2. The van der Waals surface area contributed by atoms with Gasteiger partial charge in [-0.15, -0.1) is 0 Å². The summed E-state index contributed by atoms with van der Waals surface area (Å²) in [5, 5.41) is 4.76. The highest BCUT2D eigenvalue weighted by atomic mass is 19.1. The van der Waals surface area contributed by atoms with E-state index in [0.29, 0.717) is 24.9 Å². The lowest BCUT2D eigenvalue weighted by Gasteiger charge is -2.59. The van der Waals surface area contributed by atoms with Gasteiger partial charge in [0, 0.05) is 47.8 Å². The SMILES string of the molecule is Cc1cc(C2CC3(C2)CN(C(=O)c2ccc(F)cc2F)C3)n(C2=CC=CCC2C)n1. The first-order chi connectivity index (χ1) is 14.3. The molecule has 0 N–H and O–H groups in total. The Morgan fingerprint density at radius 2 is 1.97 bits per heavy atom. The van der Waals surface area contributed by atoms with Gasteiger partial charge in [0.05, 0.1) is 11.3 Å². The van der Waals surface area contributed by atoms with Crippen LogP contribution in [0.4, 0.5) is 8.78 Å². The highest BCUT2D eigenvalue weighted by Gasteiger charge is 2.54. The number of nitrogens with zero attached hydrogens (tertiary/aromatic N) is 3. The molecule has 0 radical (unpaired) electrons. The summed E-state index contributed by atoms with van der Waals surface area (Å²) in [5.41, 5.74) is 3.57. The number of carbonyl (C=O) groups is 1. The minimum Gasteiger partial charge on any atom is -0.337 e. The molecule has 5 rings (SSSR count). The van der Waals surface area contributed by atoms with Crippen LogP contribution in [0.1, 0.15) is 53.8 Å². The Bertz CT molecular complexity index is 1070. The highest BCUT2D eigenvalue weighted by molar-refractivity contribution is 5.95.